The molecular formula is C14H18N4O2. The van der Waals surface area contributed by atoms with E-state index in [1.54, 1.807) is 10.6 Å². The summed E-state index contributed by atoms with van der Waals surface area (Å²) in [6.45, 7) is 7.41. The number of pyridine rings is 1. The van der Waals surface area contributed by atoms with Gasteiger partial charge in [0.05, 0.1) is 5.69 Å². The molecule has 2 aromatic heterocycles. The Kier molecular flexibility index (Phi) is 3.31. The molecule has 0 aliphatic carbocycles. The van der Waals surface area contributed by atoms with Crippen molar-refractivity contribution in [3.8, 4) is 0 Å². The second-order valence-electron chi connectivity index (χ2n) is 5.01. The molecule has 20 heavy (non-hydrogen) atoms. The van der Waals surface area contributed by atoms with Crippen molar-refractivity contribution in [3.05, 3.63) is 30.2 Å². The molecule has 0 amide bonds. The van der Waals surface area contributed by atoms with Crippen LogP contribution in [0.1, 0.15) is 17.4 Å². The molecule has 1 fully saturated rings. The first kappa shape index (κ1) is 12.9. The summed E-state index contributed by atoms with van der Waals surface area (Å²) in [6.07, 6.45) is 3.51. The number of carboxylic acid groups (broad SMARTS) is 1. The molecule has 0 unspecified atom stereocenters. The highest BCUT2D eigenvalue weighted by Gasteiger charge is 2.16. The minimum atomic E-state index is -0.994. The van der Waals surface area contributed by atoms with Gasteiger partial charge in [0.1, 0.15) is 5.65 Å². The first-order valence-electron chi connectivity index (χ1n) is 6.86. The van der Waals surface area contributed by atoms with Crippen molar-refractivity contribution in [2.75, 3.05) is 37.6 Å². The quantitative estimate of drug-likeness (QED) is 0.910. The van der Waals surface area contributed by atoms with Crippen LogP contribution in [-0.4, -0.2) is 58.1 Å². The monoisotopic (exact) mass is 274 g/mol. The van der Waals surface area contributed by atoms with E-state index in [0.717, 1.165) is 38.4 Å². The van der Waals surface area contributed by atoms with Gasteiger partial charge in [0.25, 0.3) is 0 Å². The highest BCUT2D eigenvalue weighted by atomic mass is 16.4. The normalized spacial score (nSPS) is 16.8. The second kappa shape index (κ2) is 5.13. The van der Waals surface area contributed by atoms with Crippen LogP contribution in [0.2, 0.25) is 0 Å². The molecule has 6 heteroatoms. The molecule has 1 saturated heterocycles. The van der Waals surface area contributed by atoms with Crippen molar-refractivity contribution in [1.82, 2.24) is 14.3 Å². The Balaban J connectivity index is 1.84. The van der Waals surface area contributed by atoms with E-state index in [9.17, 15) is 4.79 Å². The lowest BCUT2D eigenvalue weighted by Gasteiger charge is -2.35. The van der Waals surface area contributed by atoms with Gasteiger partial charge < -0.3 is 19.3 Å². The maximum absolute atomic E-state index is 10.9. The lowest BCUT2D eigenvalue weighted by atomic mass is 10.2. The van der Waals surface area contributed by atoms with Gasteiger partial charge in [-0.3, -0.25) is 0 Å². The van der Waals surface area contributed by atoms with E-state index in [2.05, 4.69) is 21.7 Å². The fraction of sp³-hybridized carbons (Fsp3) is 0.429. The number of anilines is 1. The topological polar surface area (TPSA) is 61.1 Å². The molecule has 3 heterocycles. The molecule has 6 nitrogen and oxygen atoms in total. The number of carboxylic acids is 1. The molecule has 1 N–H and O–H groups in total. The van der Waals surface area contributed by atoms with Crippen LogP contribution in [0.4, 0.5) is 5.69 Å². The Labute approximate surface area is 117 Å². The van der Waals surface area contributed by atoms with Crippen LogP contribution in [0.15, 0.2) is 24.5 Å². The first-order chi connectivity index (χ1) is 9.67. The number of piperazine rings is 1. The van der Waals surface area contributed by atoms with Crippen LogP contribution in [-0.2, 0) is 0 Å². The first-order valence-corrected chi connectivity index (χ1v) is 6.86. The highest BCUT2D eigenvalue weighted by molar-refractivity contribution is 5.86. The van der Waals surface area contributed by atoms with E-state index in [0.29, 0.717) is 5.65 Å². The number of fused-ring (bicyclic) bond motifs is 1. The second-order valence-corrected chi connectivity index (χ2v) is 5.01. The average molecular weight is 274 g/mol. The Hall–Kier alpha value is -2.08. The van der Waals surface area contributed by atoms with Crippen molar-refractivity contribution in [1.29, 1.82) is 0 Å². The Morgan fingerprint density at radius 1 is 1.25 bits per heavy atom. The predicted molar refractivity (Wildman–Crippen MR) is 76.5 cm³/mol. The number of rotatable bonds is 3. The number of aromatic carboxylic acids is 1. The summed E-state index contributed by atoms with van der Waals surface area (Å²) in [5, 5.41) is 8.97. The number of carbonyl (C=O) groups is 1. The minimum absolute atomic E-state index is 0.0814. The summed E-state index contributed by atoms with van der Waals surface area (Å²) in [6, 6.07) is 3.88. The maximum Gasteiger partial charge on any atom is 0.356 e. The number of imidazole rings is 1. The van der Waals surface area contributed by atoms with Gasteiger partial charge in [-0.1, -0.05) is 6.92 Å². The third-order valence-corrected chi connectivity index (χ3v) is 3.84. The number of likely N-dealkylation sites (N-methyl/N-ethyl adjacent to an activating group) is 1. The van der Waals surface area contributed by atoms with Crippen LogP contribution in [0.3, 0.4) is 0 Å². The summed E-state index contributed by atoms with van der Waals surface area (Å²) in [4.78, 5) is 19.7. The van der Waals surface area contributed by atoms with E-state index in [4.69, 9.17) is 5.11 Å². The van der Waals surface area contributed by atoms with Gasteiger partial charge in [-0.15, -0.1) is 0 Å². The molecule has 0 bridgehead atoms. The fourth-order valence-electron chi connectivity index (χ4n) is 2.59. The van der Waals surface area contributed by atoms with Crippen molar-refractivity contribution >= 4 is 17.3 Å². The van der Waals surface area contributed by atoms with Gasteiger partial charge in [-0.05, 0) is 18.7 Å². The third kappa shape index (κ3) is 2.34. The summed E-state index contributed by atoms with van der Waals surface area (Å²) in [5.41, 5.74) is 1.86. The third-order valence-electron chi connectivity index (χ3n) is 3.84. The van der Waals surface area contributed by atoms with Crippen LogP contribution in [0.25, 0.3) is 5.65 Å². The smallest absolute Gasteiger partial charge is 0.356 e. The summed E-state index contributed by atoms with van der Waals surface area (Å²) in [7, 11) is 0. The lowest BCUT2D eigenvalue weighted by molar-refractivity contribution is 0.0691. The van der Waals surface area contributed by atoms with Crippen LogP contribution < -0.4 is 4.90 Å². The Morgan fingerprint density at radius 2 is 2.00 bits per heavy atom. The molecule has 1 aliphatic rings. The number of aromatic nitrogens is 2. The van der Waals surface area contributed by atoms with E-state index in [1.165, 1.54) is 0 Å². The molecule has 0 radical (unpaired) electrons. The largest absolute Gasteiger partial charge is 0.476 e. The molecule has 0 spiro atoms. The van der Waals surface area contributed by atoms with Crippen molar-refractivity contribution in [2.24, 2.45) is 0 Å². The van der Waals surface area contributed by atoms with E-state index >= 15 is 0 Å². The van der Waals surface area contributed by atoms with Gasteiger partial charge in [0.2, 0.25) is 0 Å². The Morgan fingerprint density at radius 3 is 2.65 bits per heavy atom. The molecule has 0 atom stereocenters. The molecular weight excluding hydrogens is 256 g/mol. The average Bonchev–Trinajstić information content (AvgIpc) is 2.90. The molecule has 106 valence electrons. The number of nitrogens with zero attached hydrogens (tertiary/aromatic N) is 4. The zero-order chi connectivity index (χ0) is 14.1. The zero-order valence-corrected chi connectivity index (χ0v) is 11.5. The Bertz CT molecular complexity index is 629. The van der Waals surface area contributed by atoms with E-state index in [-0.39, 0.29) is 5.69 Å². The number of hydrogen-bond acceptors (Lipinski definition) is 4. The van der Waals surface area contributed by atoms with Crippen molar-refractivity contribution in [3.63, 3.8) is 0 Å². The van der Waals surface area contributed by atoms with Crippen molar-refractivity contribution < 1.29 is 9.90 Å². The van der Waals surface area contributed by atoms with Crippen LogP contribution >= 0.6 is 0 Å². The van der Waals surface area contributed by atoms with Gasteiger partial charge in [-0.2, -0.15) is 0 Å². The molecule has 3 rings (SSSR count). The van der Waals surface area contributed by atoms with Gasteiger partial charge in [-0.25, -0.2) is 9.78 Å². The van der Waals surface area contributed by atoms with Gasteiger partial charge in [0.15, 0.2) is 5.69 Å². The maximum atomic E-state index is 10.9. The van der Waals surface area contributed by atoms with Gasteiger partial charge in [0, 0.05) is 38.6 Å². The van der Waals surface area contributed by atoms with Crippen LogP contribution in [0.5, 0.6) is 0 Å². The summed E-state index contributed by atoms with van der Waals surface area (Å²) in [5.74, 6) is -0.994. The van der Waals surface area contributed by atoms with Gasteiger partial charge >= 0.3 is 5.97 Å². The lowest BCUT2D eigenvalue weighted by Crippen LogP contribution is -2.46. The summed E-state index contributed by atoms with van der Waals surface area (Å²) >= 11 is 0. The van der Waals surface area contributed by atoms with E-state index in [1.807, 2.05) is 18.3 Å². The molecule has 0 aromatic carbocycles. The molecule has 1 aliphatic heterocycles. The summed E-state index contributed by atoms with van der Waals surface area (Å²) < 4.78 is 1.78. The predicted octanol–water partition coefficient (Wildman–Crippen LogP) is 1.17. The van der Waals surface area contributed by atoms with Crippen LogP contribution in [0, 0.1) is 0 Å². The number of hydrogen-bond donors (Lipinski definition) is 1. The standard InChI is InChI=1S/C14H18N4O2/c1-2-16-5-7-17(8-6-16)11-3-4-13-15-12(14(19)20)10-18(13)9-11/h3-4,9-10H,2,5-8H2,1H3,(H,19,20). The fourth-order valence-corrected chi connectivity index (χ4v) is 2.59. The molecule has 2 aromatic rings. The molecule has 0 saturated carbocycles. The van der Waals surface area contributed by atoms with Crippen molar-refractivity contribution in [2.45, 2.75) is 6.92 Å². The highest BCUT2D eigenvalue weighted by Crippen LogP contribution is 2.18. The minimum Gasteiger partial charge on any atom is -0.476 e. The van der Waals surface area contributed by atoms with E-state index < -0.39 is 5.97 Å². The SMILES string of the molecule is CCN1CCN(c2ccc3nc(C(=O)O)cn3c2)CC1. The zero-order valence-electron chi connectivity index (χ0n) is 11.5.